The van der Waals surface area contributed by atoms with E-state index in [1.54, 1.807) is 4.90 Å². The van der Waals surface area contributed by atoms with Crippen LogP contribution in [0.5, 0.6) is 0 Å². The first-order valence-corrected chi connectivity index (χ1v) is 8.79. The molecular formula is C17H23N5O4. The summed E-state index contributed by atoms with van der Waals surface area (Å²) in [5, 5.41) is 3.99. The van der Waals surface area contributed by atoms with Gasteiger partial charge in [-0.3, -0.25) is 14.2 Å². The van der Waals surface area contributed by atoms with Gasteiger partial charge in [-0.05, 0) is 19.3 Å². The Morgan fingerprint density at radius 2 is 2.15 bits per heavy atom. The minimum atomic E-state index is -0.505. The molecule has 0 bridgehead atoms. The molecule has 1 N–H and O–H groups in total. The topological polar surface area (TPSA) is 114 Å². The zero-order valence-electron chi connectivity index (χ0n) is 15.2. The minimum Gasteiger partial charge on any atom is -0.337 e. The maximum atomic E-state index is 12.8. The van der Waals surface area contributed by atoms with Crippen LogP contribution in [0.15, 0.2) is 20.3 Å². The van der Waals surface area contributed by atoms with Gasteiger partial charge < -0.3 is 14.4 Å². The lowest BCUT2D eigenvalue weighted by Crippen LogP contribution is -2.41. The van der Waals surface area contributed by atoms with Crippen molar-refractivity contribution in [1.29, 1.82) is 0 Å². The predicted molar refractivity (Wildman–Crippen MR) is 92.7 cm³/mol. The number of rotatable bonds is 4. The first-order valence-electron chi connectivity index (χ1n) is 8.79. The van der Waals surface area contributed by atoms with Crippen LogP contribution in [0.3, 0.4) is 0 Å². The fourth-order valence-electron chi connectivity index (χ4n) is 3.11. The van der Waals surface area contributed by atoms with E-state index in [2.05, 4.69) is 15.1 Å². The van der Waals surface area contributed by atoms with Crippen molar-refractivity contribution in [2.45, 2.75) is 51.5 Å². The Balaban J connectivity index is 1.83. The number of nitrogens with one attached hydrogen (secondary N) is 1. The van der Waals surface area contributed by atoms with E-state index in [9.17, 15) is 14.4 Å². The average molecular weight is 361 g/mol. The Labute approximate surface area is 150 Å². The molecule has 0 aliphatic carbocycles. The number of nitrogens with zero attached hydrogens (tertiary/aromatic N) is 4. The van der Waals surface area contributed by atoms with Crippen molar-refractivity contribution in [2.24, 2.45) is 7.05 Å². The molecular weight excluding hydrogens is 338 g/mol. The van der Waals surface area contributed by atoms with Gasteiger partial charge in [0.25, 0.3) is 5.56 Å². The van der Waals surface area contributed by atoms with E-state index >= 15 is 0 Å². The first kappa shape index (κ1) is 18.1. The third kappa shape index (κ3) is 3.47. The molecule has 0 unspecified atom stereocenters. The number of H-pyrrole nitrogens is 1. The van der Waals surface area contributed by atoms with Crippen LogP contribution in [-0.4, -0.2) is 37.0 Å². The van der Waals surface area contributed by atoms with Crippen molar-refractivity contribution >= 4 is 5.91 Å². The Morgan fingerprint density at radius 3 is 2.85 bits per heavy atom. The number of piperidine rings is 1. The van der Waals surface area contributed by atoms with E-state index in [0.29, 0.717) is 18.3 Å². The van der Waals surface area contributed by atoms with Gasteiger partial charge in [0.2, 0.25) is 11.8 Å². The molecule has 2 aromatic rings. The van der Waals surface area contributed by atoms with Crippen LogP contribution in [0.25, 0.3) is 0 Å². The second-order valence-electron chi connectivity index (χ2n) is 6.90. The molecule has 0 spiro atoms. The van der Waals surface area contributed by atoms with Crippen LogP contribution < -0.4 is 11.2 Å². The molecule has 0 radical (unpaired) electrons. The van der Waals surface area contributed by atoms with Gasteiger partial charge >= 0.3 is 5.69 Å². The molecule has 3 heterocycles. The van der Waals surface area contributed by atoms with Crippen LogP contribution in [-0.2, 0) is 18.3 Å². The number of amides is 1. The number of carbonyl (C=O) groups excluding carboxylic acids is 1. The van der Waals surface area contributed by atoms with E-state index in [1.165, 1.54) is 13.2 Å². The highest BCUT2D eigenvalue weighted by molar-refractivity contribution is 5.79. The van der Waals surface area contributed by atoms with E-state index in [0.717, 1.165) is 23.8 Å². The van der Waals surface area contributed by atoms with Gasteiger partial charge in [0.15, 0.2) is 5.82 Å². The molecule has 9 heteroatoms. The smallest absolute Gasteiger partial charge is 0.328 e. The van der Waals surface area contributed by atoms with E-state index in [4.69, 9.17) is 4.52 Å². The second-order valence-corrected chi connectivity index (χ2v) is 6.90. The summed E-state index contributed by atoms with van der Waals surface area (Å²) in [7, 11) is 1.38. The van der Waals surface area contributed by atoms with E-state index < -0.39 is 11.2 Å². The number of aromatic nitrogens is 4. The largest absolute Gasteiger partial charge is 0.337 e. The van der Waals surface area contributed by atoms with Crippen LogP contribution in [0, 0.1) is 0 Å². The van der Waals surface area contributed by atoms with E-state index in [-0.39, 0.29) is 29.9 Å². The molecule has 1 amide bonds. The fourth-order valence-corrected chi connectivity index (χ4v) is 3.11. The maximum absolute atomic E-state index is 12.8. The third-order valence-electron chi connectivity index (χ3n) is 4.68. The first-order chi connectivity index (χ1) is 12.4. The standard InChI is InChI=1S/C17H23N5O4/c1-10(2)14-19-15(26-20-14)12-6-4-5-7-22(12)13(23)8-11-9-18-17(25)21(3)16(11)24/h9-10,12H,4-8H2,1-3H3,(H,18,25)/t12-/m1/s1. The van der Waals surface area contributed by atoms with Gasteiger partial charge in [-0.2, -0.15) is 4.98 Å². The lowest BCUT2D eigenvalue weighted by Gasteiger charge is -2.33. The monoisotopic (exact) mass is 361 g/mol. The quantitative estimate of drug-likeness (QED) is 0.864. The summed E-state index contributed by atoms with van der Waals surface area (Å²) < 4.78 is 6.35. The van der Waals surface area contributed by atoms with Gasteiger partial charge in [-0.15, -0.1) is 0 Å². The highest BCUT2D eigenvalue weighted by atomic mass is 16.5. The Morgan fingerprint density at radius 1 is 1.38 bits per heavy atom. The summed E-state index contributed by atoms with van der Waals surface area (Å²) in [6.45, 7) is 4.53. The Kier molecular flexibility index (Phi) is 5.06. The summed E-state index contributed by atoms with van der Waals surface area (Å²) in [4.78, 5) is 45.1. The molecule has 0 saturated carbocycles. The number of hydrogen-bond acceptors (Lipinski definition) is 6. The Hall–Kier alpha value is -2.71. The molecule has 1 fully saturated rings. The van der Waals surface area contributed by atoms with Gasteiger partial charge in [0, 0.05) is 31.3 Å². The second kappa shape index (κ2) is 7.27. The van der Waals surface area contributed by atoms with Gasteiger partial charge in [0.05, 0.1) is 6.42 Å². The molecule has 2 aromatic heterocycles. The lowest BCUT2D eigenvalue weighted by atomic mass is 10.0. The summed E-state index contributed by atoms with van der Waals surface area (Å²) in [6, 6.07) is -0.275. The van der Waals surface area contributed by atoms with Gasteiger partial charge in [-0.25, -0.2) is 4.79 Å². The van der Waals surface area contributed by atoms with Gasteiger partial charge in [-0.1, -0.05) is 19.0 Å². The Bertz CT molecular complexity index is 910. The SMILES string of the molecule is CC(C)c1noc([C@H]2CCCCN2C(=O)Cc2c[nH]c(=O)n(C)c2=O)n1. The van der Waals surface area contributed by atoms with Crippen LogP contribution in [0.1, 0.15) is 62.3 Å². The molecule has 9 nitrogen and oxygen atoms in total. The average Bonchev–Trinajstić information content (AvgIpc) is 3.12. The van der Waals surface area contributed by atoms with Crippen LogP contribution in [0.4, 0.5) is 0 Å². The van der Waals surface area contributed by atoms with Crippen LogP contribution >= 0.6 is 0 Å². The zero-order chi connectivity index (χ0) is 18.8. The zero-order valence-corrected chi connectivity index (χ0v) is 15.2. The normalized spacial score (nSPS) is 17.7. The van der Waals surface area contributed by atoms with Crippen molar-refractivity contribution in [2.75, 3.05) is 6.54 Å². The number of hydrogen-bond donors (Lipinski definition) is 1. The minimum absolute atomic E-state index is 0.0782. The van der Waals surface area contributed by atoms with Crippen molar-refractivity contribution in [3.63, 3.8) is 0 Å². The third-order valence-corrected chi connectivity index (χ3v) is 4.68. The predicted octanol–water partition coefficient (Wildman–Crippen LogP) is 0.876. The van der Waals surface area contributed by atoms with Crippen molar-refractivity contribution in [1.82, 2.24) is 24.6 Å². The highest BCUT2D eigenvalue weighted by Gasteiger charge is 2.32. The van der Waals surface area contributed by atoms with Crippen molar-refractivity contribution in [3.05, 3.63) is 44.3 Å². The molecule has 26 heavy (non-hydrogen) atoms. The highest BCUT2D eigenvalue weighted by Crippen LogP contribution is 2.31. The molecule has 1 saturated heterocycles. The van der Waals surface area contributed by atoms with Crippen molar-refractivity contribution in [3.8, 4) is 0 Å². The summed E-state index contributed by atoms with van der Waals surface area (Å²) in [5.74, 6) is 1.01. The molecule has 0 aromatic carbocycles. The lowest BCUT2D eigenvalue weighted by molar-refractivity contribution is -0.135. The molecule has 1 atom stereocenters. The molecule has 1 aliphatic heterocycles. The number of likely N-dealkylation sites (tertiary alicyclic amines) is 1. The number of carbonyl (C=O) groups is 1. The van der Waals surface area contributed by atoms with Gasteiger partial charge in [0.1, 0.15) is 6.04 Å². The summed E-state index contributed by atoms with van der Waals surface area (Å²) in [5.41, 5.74) is -0.709. The van der Waals surface area contributed by atoms with Crippen LogP contribution in [0.2, 0.25) is 0 Å². The fraction of sp³-hybridized carbons (Fsp3) is 0.588. The molecule has 140 valence electrons. The molecule has 1 aliphatic rings. The summed E-state index contributed by atoms with van der Waals surface area (Å²) >= 11 is 0. The molecule has 3 rings (SSSR count). The summed E-state index contributed by atoms with van der Waals surface area (Å²) in [6.07, 6.45) is 3.83. The van der Waals surface area contributed by atoms with Crippen molar-refractivity contribution < 1.29 is 9.32 Å². The number of aromatic amines is 1. The maximum Gasteiger partial charge on any atom is 0.328 e. The van der Waals surface area contributed by atoms with E-state index in [1.807, 2.05) is 13.8 Å².